The van der Waals surface area contributed by atoms with Gasteiger partial charge in [-0.25, -0.2) is 8.42 Å². The van der Waals surface area contributed by atoms with E-state index in [0.717, 1.165) is 38.8 Å². The molecule has 0 radical (unpaired) electrons. The van der Waals surface area contributed by atoms with Crippen LogP contribution in [0.15, 0.2) is 0 Å². The van der Waals surface area contributed by atoms with Gasteiger partial charge in [0, 0.05) is 0 Å². The smallest absolute Gasteiger partial charge is 0.153 e. The summed E-state index contributed by atoms with van der Waals surface area (Å²) in [5.41, 5.74) is 0. The molecule has 2 heterocycles. The molecule has 2 rings (SSSR count). The van der Waals surface area contributed by atoms with Crippen molar-refractivity contribution in [1.29, 1.82) is 0 Å². The maximum Gasteiger partial charge on any atom is 0.153 e. The lowest BCUT2D eigenvalue weighted by molar-refractivity contribution is 0.356. The van der Waals surface area contributed by atoms with E-state index in [0.29, 0.717) is 11.7 Å². The summed E-state index contributed by atoms with van der Waals surface area (Å²) in [7, 11) is -2.73. The Morgan fingerprint density at radius 1 is 1.15 bits per heavy atom. The van der Waals surface area contributed by atoms with Crippen LogP contribution in [0.5, 0.6) is 0 Å². The summed E-state index contributed by atoms with van der Waals surface area (Å²) in [4.78, 5) is 0. The summed E-state index contributed by atoms with van der Waals surface area (Å²) in [5.74, 6) is 0.815. The van der Waals surface area contributed by atoms with E-state index >= 15 is 0 Å². The lowest BCUT2D eigenvalue weighted by atomic mass is 9.94. The van der Waals surface area contributed by atoms with Gasteiger partial charge >= 0.3 is 0 Å². The lowest BCUT2D eigenvalue weighted by Crippen LogP contribution is -2.38. The molecule has 0 aromatic rings. The maximum atomic E-state index is 11.6. The molecule has 2 saturated heterocycles. The van der Waals surface area contributed by atoms with Crippen LogP contribution in [0.4, 0.5) is 0 Å². The molecule has 0 aliphatic carbocycles. The first-order chi connectivity index (χ1) is 6.20. The summed E-state index contributed by atoms with van der Waals surface area (Å²) in [6.07, 6.45) is 4.01. The standard InChI is InChI=1S/C9H17NO2S/c11-13(12)6-2-4-9(13)8-3-1-5-10-7-8/h8-10H,1-7H2/t8-,9-/m0/s1. The minimum atomic E-state index is -2.73. The molecule has 2 aliphatic heterocycles. The highest BCUT2D eigenvalue weighted by Crippen LogP contribution is 2.30. The van der Waals surface area contributed by atoms with Gasteiger partial charge in [0.1, 0.15) is 0 Å². The van der Waals surface area contributed by atoms with E-state index < -0.39 is 9.84 Å². The summed E-state index contributed by atoms with van der Waals surface area (Å²) < 4.78 is 23.3. The number of rotatable bonds is 1. The molecular formula is C9H17NO2S. The average Bonchev–Trinajstić information content (AvgIpc) is 2.47. The summed E-state index contributed by atoms with van der Waals surface area (Å²) >= 11 is 0. The molecule has 13 heavy (non-hydrogen) atoms. The second kappa shape index (κ2) is 3.58. The molecule has 0 aromatic heterocycles. The van der Waals surface area contributed by atoms with Gasteiger partial charge in [0.25, 0.3) is 0 Å². The molecule has 0 spiro atoms. The van der Waals surface area contributed by atoms with Crippen LogP contribution in [-0.2, 0) is 9.84 Å². The molecule has 0 bridgehead atoms. The number of sulfone groups is 1. The highest BCUT2D eigenvalue weighted by molar-refractivity contribution is 7.92. The highest BCUT2D eigenvalue weighted by Gasteiger charge is 2.37. The monoisotopic (exact) mass is 203 g/mol. The van der Waals surface area contributed by atoms with Gasteiger partial charge in [-0.2, -0.15) is 0 Å². The third-order valence-corrected chi connectivity index (χ3v) is 5.64. The summed E-state index contributed by atoms with van der Waals surface area (Å²) in [6.45, 7) is 1.97. The fraction of sp³-hybridized carbons (Fsp3) is 1.00. The summed E-state index contributed by atoms with van der Waals surface area (Å²) in [6, 6.07) is 0. The Morgan fingerprint density at radius 3 is 2.54 bits per heavy atom. The number of nitrogens with one attached hydrogen (secondary N) is 1. The Kier molecular flexibility index (Phi) is 2.60. The van der Waals surface area contributed by atoms with Gasteiger partial charge in [-0.1, -0.05) is 0 Å². The first kappa shape index (κ1) is 9.46. The van der Waals surface area contributed by atoms with Crippen LogP contribution in [0.2, 0.25) is 0 Å². The van der Waals surface area contributed by atoms with Crippen LogP contribution in [0.1, 0.15) is 25.7 Å². The van der Waals surface area contributed by atoms with E-state index in [-0.39, 0.29) is 5.25 Å². The number of hydrogen-bond acceptors (Lipinski definition) is 3. The van der Waals surface area contributed by atoms with Crippen molar-refractivity contribution in [2.75, 3.05) is 18.8 Å². The van der Waals surface area contributed by atoms with Crippen molar-refractivity contribution < 1.29 is 8.42 Å². The van der Waals surface area contributed by atoms with Crippen LogP contribution in [0.25, 0.3) is 0 Å². The Hall–Kier alpha value is -0.0900. The van der Waals surface area contributed by atoms with Gasteiger partial charge in [-0.3, -0.25) is 0 Å². The molecule has 0 amide bonds. The van der Waals surface area contributed by atoms with Crippen LogP contribution in [0, 0.1) is 5.92 Å². The predicted molar refractivity (Wildman–Crippen MR) is 52.4 cm³/mol. The van der Waals surface area contributed by atoms with Crippen LogP contribution < -0.4 is 5.32 Å². The van der Waals surface area contributed by atoms with E-state index in [1.54, 1.807) is 0 Å². The minimum absolute atomic E-state index is 0.0275. The molecule has 1 N–H and O–H groups in total. The first-order valence-corrected chi connectivity index (χ1v) is 6.84. The summed E-state index contributed by atoms with van der Waals surface area (Å²) in [5, 5.41) is 3.26. The van der Waals surface area contributed by atoms with Gasteiger partial charge in [-0.05, 0) is 44.7 Å². The van der Waals surface area contributed by atoms with Gasteiger partial charge in [-0.15, -0.1) is 0 Å². The molecule has 0 saturated carbocycles. The molecule has 2 fully saturated rings. The Labute approximate surface area is 79.8 Å². The molecular weight excluding hydrogens is 186 g/mol. The number of hydrogen-bond donors (Lipinski definition) is 1. The SMILES string of the molecule is O=S1(=O)CCC[C@H]1[C@H]1CCCNC1. The van der Waals surface area contributed by atoms with Crippen molar-refractivity contribution in [2.24, 2.45) is 5.92 Å². The highest BCUT2D eigenvalue weighted by atomic mass is 32.2. The average molecular weight is 203 g/mol. The predicted octanol–water partition coefficient (Wildman–Crippen LogP) is 0.563. The van der Waals surface area contributed by atoms with Gasteiger partial charge in [0.15, 0.2) is 9.84 Å². The second-order valence-corrected chi connectivity index (χ2v) is 6.49. The second-order valence-electron chi connectivity index (χ2n) is 4.15. The Morgan fingerprint density at radius 2 is 2.00 bits per heavy atom. The zero-order valence-corrected chi connectivity index (χ0v) is 8.65. The van der Waals surface area contributed by atoms with Crippen molar-refractivity contribution >= 4 is 9.84 Å². The van der Waals surface area contributed by atoms with E-state index in [2.05, 4.69) is 5.32 Å². The first-order valence-electron chi connectivity index (χ1n) is 5.12. The third-order valence-electron chi connectivity index (χ3n) is 3.24. The van der Waals surface area contributed by atoms with Crippen LogP contribution >= 0.6 is 0 Å². The minimum Gasteiger partial charge on any atom is -0.316 e. The Balaban J connectivity index is 2.07. The van der Waals surface area contributed by atoms with Crippen LogP contribution in [-0.4, -0.2) is 32.5 Å². The number of piperidine rings is 1. The lowest BCUT2D eigenvalue weighted by Gasteiger charge is -2.27. The zero-order chi connectivity index (χ0) is 9.31. The largest absolute Gasteiger partial charge is 0.316 e. The molecule has 4 heteroatoms. The topological polar surface area (TPSA) is 46.2 Å². The molecule has 0 aromatic carbocycles. The van der Waals surface area contributed by atoms with Gasteiger partial charge in [0.05, 0.1) is 11.0 Å². The van der Waals surface area contributed by atoms with Crippen molar-refractivity contribution in [3.63, 3.8) is 0 Å². The van der Waals surface area contributed by atoms with E-state index in [1.807, 2.05) is 0 Å². The quantitative estimate of drug-likeness (QED) is 0.677. The van der Waals surface area contributed by atoms with E-state index in [1.165, 1.54) is 0 Å². The van der Waals surface area contributed by atoms with Gasteiger partial charge < -0.3 is 5.32 Å². The molecule has 3 nitrogen and oxygen atoms in total. The normalized spacial score (nSPS) is 39.1. The van der Waals surface area contributed by atoms with E-state index in [4.69, 9.17) is 0 Å². The molecule has 2 atom stereocenters. The van der Waals surface area contributed by atoms with Crippen molar-refractivity contribution in [2.45, 2.75) is 30.9 Å². The Bertz CT molecular complexity index is 267. The van der Waals surface area contributed by atoms with Crippen molar-refractivity contribution in [1.82, 2.24) is 5.32 Å². The van der Waals surface area contributed by atoms with E-state index in [9.17, 15) is 8.42 Å². The maximum absolute atomic E-state index is 11.6. The van der Waals surface area contributed by atoms with Crippen molar-refractivity contribution in [3.8, 4) is 0 Å². The van der Waals surface area contributed by atoms with Crippen molar-refractivity contribution in [3.05, 3.63) is 0 Å². The zero-order valence-electron chi connectivity index (χ0n) is 7.83. The molecule has 2 aliphatic rings. The fourth-order valence-corrected chi connectivity index (χ4v) is 4.76. The fourth-order valence-electron chi connectivity index (χ4n) is 2.54. The molecule has 0 unspecified atom stereocenters. The molecule has 76 valence electrons. The van der Waals surface area contributed by atoms with Gasteiger partial charge in [0.2, 0.25) is 0 Å². The van der Waals surface area contributed by atoms with Crippen LogP contribution in [0.3, 0.4) is 0 Å². The third kappa shape index (κ3) is 1.89.